The Balaban J connectivity index is 1.66. The molecule has 1 heterocycles. The largest absolute Gasteiger partial charge is 0.325 e. The molecule has 0 aliphatic rings. The third-order valence-corrected chi connectivity index (χ3v) is 7.13. The number of hydrogen-bond acceptors (Lipinski definition) is 4. The number of hydrogen-bond donors (Lipinski definition) is 2. The van der Waals surface area contributed by atoms with Gasteiger partial charge in [0.05, 0.1) is 5.52 Å². The predicted octanol–water partition coefficient (Wildman–Crippen LogP) is 4.72. The molecule has 33 heavy (non-hydrogen) atoms. The van der Waals surface area contributed by atoms with Crippen LogP contribution < -0.4 is 10.0 Å². The Kier molecular flexibility index (Phi) is 6.74. The van der Waals surface area contributed by atoms with Gasteiger partial charge in [-0.05, 0) is 48.7 Å². The molecule has 0 aliphatic heterocycles. The number of sulfonamides is 1. The minimum atomic E-state index is -4.06. The Labute approximate surface area is 197 Å². The number of amides is 1. The van der Waals surface area contributed by atoms with Gasteiger partial charge < -0.3 is 5.32 Å². The van der Waals surface area contributed by atoms with Crippen LogP contribution >= 0.6 is 11.6 Å². The number of aryl methyl sites for hydroxylation is 1. The first-order chi connectivity index (χ1) is 15.8. The van der Waals surface area contributed by atoms with E-state index in [1.807, 2.05) is 37.3 Å². The third-order valence-electron chi connectivity index (χ3n) is 5.22. The Hall–Kier alpha value is -3.26. The molecule has 1 aromatic heterocycles. The molecule has 0 fully saturated rings. The summed E-state index contributed by atoms with van der Waals surface area (Å²) >= 11 is 6.18. The zero-order valence-corrected chi connectivity index (χ0v) is 19.4. The van der Waals surface area contributed by atoms with E-state index < -0.39 is 22.0 Å². The molecular weight excluding hydrogens is 458 g/mol. The van der Waals surface area contributed by atoms with Gasteiger partial charge in [-0.15, -0.1) is 0 Å². The van der Waals surface area contributed by atoms with Gasteiger partial charge in [-0.2, -0.15) is 4.72 Å². The highest BCUT2D eigenvalue weighted by atomic mass is 35.5. The van der Waals surface area contributed by atoms with E-state index in [0.29, 0.717) is 21.6 Å². The van der Waals surface area contributed by atoms with Crippen LogP contribution in [0.5, 0.6) is 0 Å². The van der Waals surface area contributed by atoms with Crippen molar-refractivity contribution in [3.8, 4) is 0 Å². The fourth-order valence-electron chi connectivity index (χ4n) is 3.48. The van der Waals surface area contributed by atoms with Crippen LogP contribution in [0, 0.1) is 6.92 Å². The number of carbonyl (C=O) groups excluding carboxylic acids is 1. The van der Waals surface area contributed by atoms with Crippen molar-refractivity contribution in [3.05, 3.63) is 101 Å². The second-order valence-electron chi connectivity index (χ2n) is 7.65. The first-order valence-electron chi connectivity index (χ1n) is 10.3. The highest BCUT2D eigenvalue weighted by Crippen LogP contribution is 2.23. The van der Waals surface area contributed by atoms with Gasteiger partial charge in [0.15, 0.2) is 0 Å². The molecule has 0 saturated carbocycles. The van der Waals surface area contributed by atoms with Gasteiger partial charge in [0.25, 0.3) is 0 Å². The van der Waals surface area contributed by atoms with E-state index in [4.69, 9.17) is 11.6 Å². The van der Waals surface area contributed by atoms with Crippen LogP contribution in [0.1, 0.15) is 11.1 Å². The van der Waals surface area contributed by atoms with Crippen LogP contribution in [-0.2, 0) is 21.2 Å². The molecule has 1 amide bonds. The molecule has 6 nitrogen and oxygen atoms in total. The zero-order chi connectivity index (χ0) is 23.4. The van der Waals surface area contributed by atoms with Crippen molar-refractivity contribution >= 4 is 44.1 Å². The standard InChI is InChI=1S/C25H22ClN3O3S/c1-17-12-13-20(16-21(17)26)28-25(30)22(15-18-7-3-2-4-8-18)29-33(31,32)23-11-5-9-19-10-6-14-27-24(19)23/h2-14,16,22,29H,15H2,1H3,(H,28,30)/t22-/m1/s1. The summed E-state index contributed by atoms with van der Waals surface area (Å²) in [5.41, 5.74) is 2.52. The molecule has 0 aliphatic carbocycles. The van der Waals surface area contributed by atoms with E-state index in [1.54, 1.807) is 42.5 Å². The van der Waals surface area contributed by atoms with Crippen molar-refractivity contribution in [1.82, 2.24) is 9.71 Å². The highest BCUT2D eigenvalue weighted by molar-refractivity contribution is 7.89. The number of anilines is 1. The Bertz CT molecular complexity index is 1400. The smallest absolute Gasteiger partial charge is 0.243 e. The van der Waals surface area contributed by atoms with Gasteiger partial charge in [0.1, 0.15) is 10.9 Å². The van der Waals surface area contributed by atoms with E-state index in [-0.39, 0.29) is 11.3 Å². The average Bonchev–Trinajstić information content (AvgIpc) is 2.81. The summed E-state index contributed by atoms with van der Waals surface area (Å²) < 4.78 is 29.3. The number of benzene rings is 3. The van der Waals surface area contributed by atoms with E-state index in [0.717, 1.165) is 11.1 Å². The maximum absolute atomic E-state index is 13.4. The van der Waals surface area contributed by atoms with Crippen molar-refractivity contribution in [2.24, 2.45) is 0 Å². The molecule has 0 bridgehead atoms. The number of pyridine rings is 1. The van der Waals surface area contributed by atoms with E-state index >= 15 is 0 Å². The maximum Gasteiger partial charge on any atom is 0.243 e. The number of rotatable bonds is 7. The number of fused-ring (bicyclic) bond motifs is 1. The van der Waals surface area contributed by atoms with Gasteiger partial charge in [-0.25, -0.2) is 8.42 Å². The first-order valence-corrected chi connectivity index (χ1v) is 12.2. The molecule has 0 spiro atoms. The van der Waals surface area contributed by atoms with Crippen LogP contribution in [0.3, 0.4) is 0 Å². The maximum atomic E-state index is 13.4. The molecule has 4 aromatic rings. The molecule has 168 valence electrons. The summed E-state index contributed by atoms with van der Waals surface area (Å²) in [5, 5.41) is 3.98. The van der Waals surface area contributed by atoms with Crippen LogP contribution in [0.4, 0.5) is 5.69 Å². The monoisotopic (exact) mass is 479 g/mol. The number of nitrogens with one attached hydrogen (secondary N) is 2. The molecule has 0 saturated heterocycles. The fourth-order valence-corrected chi connectivity index (χ4v) is 5.04. The van der Waals surface area contributed by atoms with Crippen LogP contribution in [0.15, 0.2) is 90.0 Å². The number of para-hydroxylation sites is 1. The molecule has 8 heteroatoms. The predicted molar refractivity (Wildman–Crippen MR) is 131 cm³/mol. The van der Waals surface area contributed by atoms with Crippen molar-refractivity contribution in [3.63, 3.8) is 0 Å². The summed E-state index contributed by atoms with van der Waals surface area (Å²) in [4.78, 5) is 17.4. The summed E-state index contributed by atoms with van der Waals surface area (Å²) in [6.07, 6.45) is 1.71. The number of nitrogens with zero attached hydrogens (tertiary/aromatic N) is 1. The summed E-state index contributed by atoms with van der Waals surface area (Å²) in [6, 6.07) is 21.8. The minimum absolute atomic E-state index is 0.0184. The van der Waals surface area contributed by atoms with E-state index in [1.165, 1.54) is 12.3 Å². The Morgan fingerprint density at radius 3 is 2.52 bits per heavy atom. The Morgan fingerprint density at radius 2 is 1.76 bits per heavy atom. The summed E-state index contributed by atoms with van der Waals surface area (Å²) in [6.45, 7) is 1.86. The van der Waals surface area contributed by atoms with E-state index in [9.17, 15) is 13.2 Å². The molecule has 2 N–H and O–H groups in total. The van der Waals surface area contributed by atoms with Gasteiger partial charge in [-0.1, -0.05) is 66.2 Å². The summed E-state index contributed by atoms with van der Waals surface area (Å²) in [5.74, 6) is -0.490. The fraction of sp³-hybridized carbons (Fsp3) is 0.120. The van der Waals surface area contributed by atoms with Crippen LogP contribution in [0.25, 0.3) is 10.9 Å². The molecule has 0 unspecified atom stereocenters. The normalized spacial score (nSPS) is 12.4. The number of aromatic nitrogens is 1. The minimum Gasteiger partial charge on any atom is -0.325 e. The topological polar surface area (TPSA) is 88.2 Å². The lowest BCUT2D eigenvalue weighted by atomic mass is 10.1. The molecule has 4 rings (SSSR count). The molecule has 0 radical (unpaired) electrons. The lowest BCUT2D eigenvalue weighted by Gasteiger charge is -2.19. The lowest BCUT2D eigenvalue weighted by molar-refractivity contribution is -0.117. The van der Waals surface area contributed by atoms with Crippen molar-refractivity contribution in [2.75, 3.05) is 5.32 Å². The second-order valence-corrected chi connectivity index (χ2v) is 9.74. The first kappa shape index (κ1) is 22.9. The molecular formula is C25H22ClN3O3S. The summed E-state index contributed by atoms with van der Waals surface area (Å²) in [7, 11) is -4.06. The second kappa shape index (κ2) is 9.70. The SMILES string of the molecule is Cc1ccc(NC(=O)[C@@H](Cc2ccccc2)NS(=O)(=O)c2cccc3cccnc23)cc1Cl. The van der Waals surface area contributed by atoms with Crippen molar-refractivity contribution < 1.29 is 13.2 Å². The van der Waals surface area contributed by atoms with Crippen LogP contribution in [-0.4, -0.2) is 25.4 Å². The number of halogens is 1. The highest BCUT2D eigenvalue weighted by Gasteiger charge is 2.28. The zero-order valence-electron chi connectivity index (χ0n) is 17.8. The van der Waals surface area contributed by atoms with Gasteiger partial charge in [0.2, 0.25) is 15.9 Å². The van der Waals surface area contributed by atoms with Gasteiger partial charge in [0, 0.05) is 22.3 Å². The van der Waals surface area contributed by atoms with Crippen molar-refractivity contribution in [1.29, 1.82) is 0 Å². The lowest BCUT2D eigenvalue weighted by Crippen LogP contribution is -2.45. The third kappa shape index (κ3) is 5.39. The van der Waals surface area contributed by atoms with Gasteiger partial charge in [-0.3, -0.25) is 9.78 Å². The van der Waals surface area contributed by atoms with Gasteiger partial charge >= 0.3 is 0 Å². The molecule has 1 atom stereocenters. The van der Waals surface area contributed by atoms with Crippen LogP contribution in [0.2, 0.25) is 5.02 Å². The Morgan fingerprint density at radius 1 is 1.00 bits per heavy atom. The van der Waals surface area contributed by atoms with Crippen molar-refractivity contribution in [2.45, 2.75) is 24.3 Å². The quantitative estimate of drug-likeness (QED) is 0.401. The van der Waals surface area contributed by atoms with E-state index in [2.05, 4.69) is 15.0 Å². The average molecular weight is 480 g/mol. The molecule has 3 aromatic carbocycles. The number of carbonyl (C=O) groups is 1.